The number of aromatic nitrogens is 1. The van der Waals surface area contributed by atoms with E-state index >= 15 is 0 Å². The molecule has 3 nitrogen and oxygen atoms in total. The first-order valence-electron chi connectivity index (χ1n) is 5.28. The number of nitrogens with one attached hydrogen (secondary N) is 1. The van der Waals surface area contributed by atoms with Crippen molar-refractivity contribution in [2.24, 2.45) is 0 Å². The summed E-state index contributed by atoms with van der Waals surface area (Å²) in [6, 6.07) is 1.43. The van der Waals surface area contributed by atoms with Gasteiger partial charge < -0.3 is 10.2 Å². The zero-order chi connectivity index (χ0) is 13.3. The molecule has 0 spiro atoms. The summed E-state index contributed by atoms with van der Waals surface area (Å²) in [5, 5.41) is 2.68. The number of alkyl halides is 3. The van der Waals surface area contributed by atoms with Gasteiger partial charge in [0.25, 0.3) is 0 Å². The van der Waals surface area contributed by atoms with Crippen molar-refractivity contribution in [1.29, 1.82) is 0 Å². The van der Waals surface area contributed by atoms with Gasteiger partial charge in [0.15, 0.2) is 0 Å². The highest BCUT2D eigenvalue weighted by Gasteiger charge is 2.37. The Labute approximate surface area is 121 Å². The minimum Gasteiger partial charge on any atom is -0.354 e. The van der Waals surface area contributed by atoms with E-state index in [1.165, 1.54) is 6.07 Å². The number of anilines is 1. The predicted octanol–water partition coefficient (Wildman–Crippen LogP) is 2.77. The van der Waals surface area contributed by atoms with E-state index in [0.29, 0.717) is 18.9 Å². The molecule has 1 N–H and O–H groups in total. The molecule has 8 heteroatoms. The second-order valence-electron chi connectivity index (χ2n) is 3.86. The molecule has 0 atom stereocenters. The number of halogens is 5. The monoisotopic (exact) mass is 391 g/mol. The van der Waals surface area contributed by atoms with Crippen molar-refractivity contribution in [2.45, 2.75) is 6.18 Å². The van der Waals surface area contributed by atoms with E-state index in [1.807, 2.05) is 4.90 Å². The lowest BCUT2D eigenvalue weighted by atomic mass is 10.2. The summed E-state index contributed by atoms with van der Waals surface area (Å²) in [6.45, 7) is 3.00. The van der Waals surface area contributed by atoms with Gasteiger partial charge in [-0.1, -0.05) is 11.6 Å². The standard InChI is InChI=1S/C10H10ClF3IN3/c11-9-8(10(12,13)14)6(15)5-7(17-9)18-3-1-16-2-4-18/h5,16H,1-4H2. The van der Waals surface area contributed by atoms with Crippen LogP contribution in [0.4, 0.5) is 19.0 Å². The Morgan fingerprint density at radius 1 is 1.33 bits per heavy atom. The van der Waals surface area contributed by atoms with Gasteiger partial charge in [-0.25, -0.2) is 4.98 Å². The minimum absolute atomic E-state index is 0.0774. The summed E-state index contributed by atoms with van der Waals surface area (Å²) in [5.41, 5.74) is -0.858. The molecule has 0 aliphatic carbocycles. The number of pyridine rings is 1. The van der Waals surface area contributed by atoms with Gasteiger partial charge in [0, 0.05) is 29.7 Å². The Kier molecular flexibility index (Phi) is 4.22. The first-order chi connectivity index (χ1) is 8.39. The molecule has 1 aliphatic rings. The Balaban J connectivity index is 2.36. The second kappa shape index (κ2) is 5.38. The van der Waals surface area contributed by atoms with Crippen molar-refractivity contribution < 1.29 is 13.2 Å². The van der Waals surface area contributed by atoms with Crippen LogP contribution in [0.3, 0.4) is 0 Å². The van der Waals surface area contributed by atoms with E-state index in [9.17, 15) is 13.2 Å². The highest BCUT2D eigenvalue weighted by molar-refractivity contribution is 14.1. The molecule has 100 valence electrons. The minimum atomic E-state index is -4.47. The highest BCUT2D eigenvalue weighted by Crippen LogP contribution is 2.38. The lowest BCUT2D eigenvalue weighted by Gasteiger charge is -2.29. The van der Waals surface area contributed by atoms with E-state index in [0.717, 1.165) is 13.1 Å². The molecule has 1 saturated heterocycles. The first-order valence-corrected chi connectivity index (χ1v) is 6.74. The summed E-state index contributed by atoms with van der Waals surface area (Å²) >= 11 is 7.31. The average Bonchev–Trinajstić information content (AvgIpc) is 2.27. The maximum atomic E-state index is 12.7. The molecular weight excluding hydrogens is 381 g/mol. The number of nitrogens with zero attached hydrogens (tertiary/aromatic N) is 2. The fraction of sp³-hybridized carbons (Fsp3) is 0.500. The van der Waals surface area contributed by atoms with Crippen LogP contribution in [0.25, 0.3) is 0 Å². The first kappa shape index (κ1) is 14.1. The van der Waals surface area contributed by atoms with E-state index in [4.69, 9.17) is 11.6 Å². The topological polar surface area (TPSA) is 28.2 Å². The highest BCUT2D eigenvalue weighted by atomic mass is 127. The van der Waals surface area contributed by atoms with Crippen LogP contribution in [0.5, 0.6) is 0 Å². The van der Waals surface area contributed by atoms with Gasteiger partial charge in [0.2, 0.25) is 0 Å². The Morgan fingerprint density at radius 2 is 1.94 bits per heavy atom. The van der Waals surface area contributed by atoms with Crippen molar-refractivity contribution in [1.82, 2.24) is 10.3 Å². The SMILES string of the molecule is FC(F)(F)c1c(I)cc(N2CCNCC2)nc1Cl. The van der Waals surface area contributed by atoms with E-state index < -0.39 is 16.9 Å². The van der Waals surface area contributed by atoms with Crippen LogP contribution < -0.4 is 10.2 Å². The molecular formula is C10H10ClF3IN3. The van der Waals surface area contributed by atoms with Crippen LogP contribution in [0, 0.1) is 3.57 Å². The van der Waals surface area contributed by atoms with Crippen LogP contribution in [0.1, 0.15) is 5.56 Å². The fourth-order valence-corrected chi connectivity index (χ4v) is 3.08. The van der Waals surface area contributed by atoms with Crippen LogP contribution in [-0.2, 0) is 6.18 Å². The molecule has 0 aromatic carbocycles. The lowest BCUT2D eigenvalue weighted by Crippen LogP contribution is -2.44. The van der Waals surface area contributed by atoms with Gasteiger partial charge in [-0.15, -0.1) is 0 Å². The van der Waals surface area contributed by atoms with Crippen molar-refractivity contribution >= 4 is 40.0 Å². The Hall–Kier alpha value is -0.280. The van der Waals surface area contributed by atoms with Crippen LogP contribution in [0.2, 0.25) is 5.15 Å². The van der Waals surface area contributed by atoms with Crippen molar-refractivity contribution in [3.05, 3.63) is 20.4 Å². The zero-order valence-corrected chi connectivity index (χ0v) is 12.1. The van der Waals surface area contributed by atoms with E-state index in [-0.39, 0.29) is 3.57 Å². The third-order valence-electron chi connectivity index (χ3n) is 2.64. The van der Waals surface area contributed by atoms with Crippen LogP contribution in [-0.4, -0.2) is 31.2 Å². The third kappa shape index (κ3) is 3.00. The molecule has 0 saturated carbocycles. The van der Waals surface area contributed by atoms with Crippen molar-refractivity contribution in [3.8, 4) is 0 Å². The van der Waals surface area contributed by atoms with Crippen molar-refractivity contribution in [2.75, 3.05) is 31.1 Å². The molecule has 0 unspecified atom stereocenters. The van der Waals surface area contributed by atoms with Crippen LogP contribution in [0.15, 0.2) is 6.07 Å². The molecule has 1 aromatic heterocycles. The number of piperazine rings is 1. The van der Waals surface area contributed by atoms with Gasteiger partial charge in [-0.2, -0.15) is 13.2 Å². The Bertz CT molecular complexity index is 423. The quantitative estimate of drug-likeness (QED) is 0.589. The van der Waals surface area contributed by atoms with Gasteiger partial charge in [-0.05, 0) is 28.7 Å². The predicted molar refractivity (Wildman–Crippen MR) is 72.0 cm³/mol. The molecule has 2 heterocycles. The van der Waals surface area contributed by atoms with E-state index in [2.05, 4.69) is 10.3 Å². The molecule has 18 heavy (non-hydrogen) atoms. The third-order valence-corrected chi connectivity index (χ3v) is 3.76. The summed E-state index contributed by atoms with van der Waals surface area (Å²) in [4.78, 5) is 5.78. The number of hydrogen-bond acceptors (Lipinski definition) is 3. The molecule has 0 radical (unpaired) electrons. The van der Waals surface area contributed by atoms with E-state index in [1.54, 1.807) is 22.6 Å². The maximum absolute atomic E-state index is 12.7. The molecule has 2 rings (SSSR count). The average molecular weight is 392 g/mol. The van der Waals surface area contributed by atoms with Crippen molar-refractivity contribution in [3.63, 3.8) is 0 Å². The second-order valence-corrected chi connectivity index (χ2v) is 5.38. The zero-order valence-electron chi connectivity index (χ0n) is 9.19. The van der Waals surface area contributed by atoms with Gasteiger partial charge >= 0.3 is 6.18 Å². The van der Waals surface area contributed by atoms with Gasteiger partial charge in [-0.3, -0.25) is 0 Å². The molecule has 0 bridgehead atoms. The smallest absolute Gasteiger partial charge is 0.354 e. The molecule has 1 fully saturated rings. The molecule has 1 aromatic rings. The van der Waals surface area contributed by atoms with Gasteiger partial charge in [0.1, 0.15) is 16.5 Å². The largest absolute Gasteiger partial charge is 0.420 e. The normalized spacial score (nSPS) is 17.1. The Morgan fingerprint density at radius 3 is 2.44 bits per heavy atom. The summed E-state index contributed by atoms with van der Waals surface area (Å²) in [6.07, 6.45) is -4.47. The summed E-state index contributed by atoms with van der Waals surface area (Å²) in [5.74, 6) is 0.499. The van der Waals surface area contributed by atoms with Gasteiger partial charge in [0.05, 0.1) is 0 Å². The lowest BCUT2D eigenvalue weighted by molar-refractivity contribution is -0.138. The summed E-state index contributed by atoms with van der Waals surface area (Å²) < 4.78 is 38.3. The molecule has 1 aliphatic heterocycles. The van der Waals surface area contributed by atoms with Crippen LogP contribution >= 0.6 is 34.2 Å². The molecule has 0 amide bonds. The maximum Gasteiger partial charge on any atom is 0.420 e. The summed E-state index contributed by atoms with van der Waals surface area (Å²) in [7, 11) is 0. The number of rotatable bonds is 1. The number of hydrogen-bond donors (Lipinski definition) is 1. The fourth-order valence-electron chi connectivity index (χ4n) is 1.78.